The van der Waals surface area contributed by atoms with Gasteiger partial charge in [-0.1, -0.05) is 26.0 Å². The second-order valence-corrected chi connectivity index (χ2v) is 5.77. The minimum atomic E-state index is -0.867. The summed E-state index contributed by atoms with van der Waals surface area (Å²) in [6.07, 6.45) is 4.06. The smallest absolute Gasteiger partial charge is 0.311 e. The molecular weight excluding hydrogens is 266 g/mol. The van der Waals surface area contributed by atoms with Crippen LogP contribution in [0.2, 0.25) is 0 Å². The van der Waals surface area contributed by atoms with Crippen LogP contribution in [0.5, 0.6) is 0 Å². The molecule has 1 aliphatic carbocycles. The number of rotatable bonds is 6. The summed E-state index contributed by atoms with van der Waals surface area (Å²) in [6.45, 7) is 3.88. The van der Waals surface area contributed by atoms with Gasteiger partial charge in [-0.25, -0.2) is 0 Å². The number of carbonyl (C=O) groups excluding carboxylic acids is 1. The molecule has 4 nitrogen and oxygen atoms in total. The van der Waals surface area contributed by atoms with Gasteiger partial charge >= 0.3 is 5.97 Å². The lowest BCUT2D eigenvalue weighted by Crippen LogP contribution is -2.42. The summed E-state index contributed by atoms with van der Waals surface area (Å²) in [4.78, 5) is 23.9. The first-order valence-electron chi connectivity index (χ1n) is 7.66. The maximum absolute atomic E-state index is 12.4. The van der Waals surface area contributed by atoms with Gasteiger partial charge in [-0.2, -0.15) is 0 Å². The SMILES string of the molecule is CCC(CC)(CNC(=O)c1cccc2c1CCC2)C(=O)O. The number of amides is 1. The minimum Gasteiger partial charge on any atom is -0.481 e. The molecule has 0 saturated carbocycles. The Bertz CT molecular complexity index is 547. The highest BCUT2D eigenvalue weighted by Gasteiger charge is 2.35. The van der Waals surface area contributed by atoms with E-state index in [9.17, 15) is 14.7 Å². The Morgan fingerprint density at radius 2 is 1.95 bits per heavy atom. The molecule has 0 aliphatic heterocycles. The van der Waals surface area contributed by atoms with Crippen LogP contribution >= 0.6 is 0 Å². The Labute approximate surface area is 125 Å². The maximum Gasteiger partial charge on any atom is 0.311 e. The van der Waals surface area contributed by atoms with Gasteiger partial charge < -0.3 is 10.4 Å². The van der Waals surface area contributed by atoms with Gasteiger partial charge in [-0.3, -0.25) is 9.59 Å². The highest BCUT2D eigenvalue weighted by molar-refractivity contribution is 5.96. The van der Waals surface area contributed by atoms with Crippen LogP contribution < -0.4 is 5.32 Å². The van der Waals surface area contributed by atoms with Gasteiger partial charge in [0.05, 0.1) is 5.41 Å². The van der Waals surface area contributed by atoms with E-state index < -0.39 is 11.4 Å². The van der Waals surface area contributed by atoms with Crippen molar-refractivity contribution in [2.75, 3.05) is 6.54 Å². The summed E-state index contributed by atoms with van der Waals surface area (Å²) in [5, 5.41) is 12.2. The normalized spacial score (nSPS) is 13.8. The zero-order valence-corrected chi connectivity index (χ0v) is 12.7. The zero-order valence-electron chi connectivity index (χ0n) is 12.7. The van der Waals surface area contributed by atoms with Crippen molar-refractivity contribution >= 4 is 11.9 Å². The third kappa shape index (κ3) is 2.94. The van der Waals surface area contributed by atoms with E-state index in [0.717, 1.165) is 24.8 Å². The van der Waals surface area contributed by atoms with Crippen LogP contribution in [-0.4, -0.2) is 23.5 Å². The van der Waals surface area contributed by atoms with Crippen LogP contribution in [-0.2, 0) is 17.6 Å². The highest BCUT2D eigenvalue weighted by Crippen LogP contribution is 2.27. The van der Waals surface area contributed by atoms with Crippen molar-refractivity contribution in [2.24, 2.45) is 5.41 Å². The van der Waals surface area contributed by atoms with Crippen LogP contribution in [0, 0.1) is 5.41 Å². The Morgan fingerprint density at radius 3 is 2.57 bits per heavy atom. The number of carbonyl (C=O) groups is 2. The molecule has 0 fully saturated rings. The van der Waals surface area contributed by atoms with Crippen LogP contribution in [0.1, 0.15) is 54.6 Å². The lowest BCUT2D eigenvalue weighted by atomic mass is 9.82. The fourth-order valence-electron chi connectivity index (χ4n) is 3.06. The molecule has 2 rings (SSSR count). The van der Waals surface area contributed by atoms with Gasteiger partial charge in [0, 0.05) is 12.1 Å². The number of hydrogen-bond donors (Lipinski definition) is 2. The van der Waals surface area contributed by atoms with E-state index in [2.05, 4.69) is 11.4 Å². The molecule has 21 heavy (non-hydrogen) atoms. The first-order valence-corrected chi connectivity index (χ1v) is 7.66. The molecule has 0 heterocycles. The molecule has 0 bridgehead atoms. The van der Waals surface area contributed by atoms with Crippen molar-refractivity contribution in [2.45, 2.75) is 46.0 Å². The Kier molecular flexibility index (Phi) is 4.66. The number of carboxylic acid groups (broad SMARTS) is 1. The van der Waals surface area contributed by atoms with E-state index >= 15 is 0 Å². The lowest BCUT2D eigenvalue weighted by Gasteiger charge is -2.27. The fourth-order valence-corrected chi connectivity index (χ4v) is 3.06. The molecule has 0 radical (unpaired) electrons. The third-order valence-electron chi connectivity index (χ3n) is 4.79. The van der Waals surface area contributed by atoms with Crippen LogP contribution in [0.25, 0.3) is 0 Å². The molecule has 1 aromatic rings. The van der Waals surface area contributed by atoms with Crippen LogP contribution in [0.4, 0.5) is 0 Å². The summed E-state index contributed by atoms with van der Waals surface area (Å²) in [7, 11) is 0. The summed E-state index contributed by atoms with van der Waals surface area (Å²) in [5.74, 6) is -0.993. The fraction of sp³-hybridized carbons (Fsp3) is 0.529. The molecule has 0 spiro atoms. The van der Waals surface area contributed by atoms with Crippen LogP contribution in [0.3, 0.4) is 0 Å². The van der Waals surface area contributed by atoms with E-state index in [1.165, 1.54) is 5.56 Å². The number of fused-ring (bicyclic) bond motifs is 1. The van der Waals surface area contributed by atoms with E-state index in [4.69, 9.17) is 0 Å². The second-order valence-electron chi connectivity index (χ2n) is 5.77. The third-order valence-corrected chi connectivity index (χ3v) is 4.79. The average Bonchev–Trinajstić information content (AvgIpc) is 2.96. The number of carboxylic acids is 1. The molecule has 1 aromatic carbocycles. The van der Waals surface area contributed by atoms with E-state index in [1.54, 1.807) is 0 Å². The molecule has 4 heteroatoms. The van der Waals surface area contributed by atoms with Gasteiger partial charge in [0.15, 0.2) is 0 Å². The number of aryl methyl sites for hydroxylation is 1. The average molecular weight is 289 g/mol. The standard InChI is InChI=1S/C17H23NO3/c1-3-17(4-2,16(20)21)11-18-15(19)14-10-6-8-12-7-5-9-13(12)14/h6,8,10H,3-5,7,9,11H2,1-2H3,(H,18,19)(H,20,21). The van der Waals surface area contributed by atoms with Gasteiger partial charge in [0.25, 0.3) is 5.91 Å². The molecule has 0 unspecified atom stereocenters. The quantitative estimate of drug-likeness (QED) is 0.846. The maximum atomic E-state index is 12.4. The molecule has 2 N–H and O–H groups in total. The summed E-state index contributed by atoms with van der Waals surface area (Å²) < 4.78 is 0. The molecule has 0 atom stereocenters. The molecule has 1 amide bonds. The van der Waals surface area contributed by atoms with Gasteiger partial charge in [-0.15, -0.1) is 0 Å². The first kappa shape index (κ1) is 15.5. The van der Waals surface area contributed by atoms with Crippen molar-refractivity contribution in [3.05, 3.63) is 34.9 Å². The molecular formula is C17H23NO3. The highest BCUT2D eigenvalue weighted by atomic mass is 16.4. The Morgan fingerprint density at radius 1 is 1.24 bits per heavy atom. The predicted octanol–water partition coefficient (Wildman–Crippen LogP) is 2.80. The van der Waals surface area contributed by atoms with Crippen molar-refractivity contribution in [1.29, 1.82) is 0 Å². The number of benzene rings is 1. The van der Waals surface area contributed by atoms with Crippen molar-refractivity contribution in [3.8, 4) is 0 Å². The topological polar surface area (TPSA) is 66.4 Å². The summed E-state index contributed by atoms with van der Waals surface area (Å²) in [6, 6.07) is 5.81. The second kappa shape index (κ2) is 6.29. The first-order chi connectivity index (χ1) is 10.0. The predicted molar refractivity (Wildman–Crippen MR) is 81.5 cm³/mol. The number of nitrogens with one attached hydrogen (secondary N) is 1. The lowest BCUT2D eigenvalue weighted by molar-refractivity contribution is -0.149. The van der Waals surface area contributed by atoms with E-state index in [-0.39, 0.29) is 12.5 Å². The summed E-state index contributed by atoms with van der Waals surface area (Å²) >= 11 is 0. The van der Waals surface area contributed by atoms with Gasteiger partial charge in [0.1, 0.15) is 0 Å². The summed E-state index contributed by atoms with van der Waals surface area (Å²) in [5.41, 5.74) is 2.21. The van der Waals surface area contributed by atoms with Gasteiger partial charge in [-0.05, 0) is 49.3 Å². The van der Waals surface area contributed by atoms with Crippen LogP contribution in [0.15, 0.2) is 18.2 Å². The number of hydrogen-bond acceptors (Lipinski definition) is 2. The van der Waals surface area contributed by atoms with Gasteiger partial charge in [0.2, 0.25) is 0 Å². The van der Waals surface area contributed by atoms with E-state index in [1.807, 2.05) is 26.0 Å². The molecule has 114 valence electrons. The van der Waals surface area contributed by atoms with E-state index in [0.29, 0.717) is 18.4 Å². The largest absolute Gasteiger partial charge is 0.481 e. The number of aliphatic carboxylic acids is 1. The van der Waals surface area contributed by atoms with Crippen molar-refractivity contribution < 1.29 is 14.7 Å². The molecule has 1 aliphatic rings. The zero-order chi connectivity index (χ0) is 15.5. The monoisotopic (exact) mass is 289 g/mol. The van der Waals surface area contributed by atoms with Crippen molar-refractivity contribution in [1.82, 2.24) is 5.32 Å². The minimum absolute atomic E-state index is 0.152. The Hall–Kier alpha value is -1.84. The van der Waals surface area contributed by atoms with Crippen molar-refractivity contribution in [3.63, 3.8) is 0 Å². The molecule has 0 saturated heterocycles. The Balaban J connectivity index is 2.12. The molecule has 0 aromatic heterocycles.